The largest absolute Gasteiger partial charge is 0.391 e. The second kappa shape index (κ2) is 7.49. The molecule has 4 nitrogen and oxygen atoms in total. The molecule has 0 aromatic rings. The van der Waals surface area contributed by atoms with Gasteiger partial charge in [-0.2, -0.15) is 0 Å². The van der Waals surface area contributed by atoms with Crippen LogP contribution in [0.4, 0.5) is 4.79 Å². The van der Waals surface area contributed by atoms with E-state index < -0.39 is 0 Å². The number of carbonyl (C=O) groups excluding carboxylic acids is 1. The van der Waals surface area contributed by atoms with Gasteiger partial charge in [-0.05, 0) is 19.3 Å². The molecule has 0 aromatic carbocycles. The van der Waals surface area contributed by atoms with Crippen LogP contribution in [0.3, 0.4) is 0 Å². The van der Waals surface area contributed by atoms with Crippen LogP contribution in [0.25, 0.3) is 0 Å². The maximum absolute atomic E-state index is 11.7. The van der Waals surface area contributed by atoms with E-state index in [1.807, 2.05) is 0 Å². The van der Waals surface area contributed by atoms with Crippen LogP contribution in [0.2, 0.25) is 0 Å². The van der Waals surface area contributed by atoms with Gasteiger partial charge in [0.15, 0.2) is 0 Å². The number of carbonyl (C=O) groups is 1. The Morgan fingerprint density at radius 1 is 1.44 bits per heavy atom. The van der Waals surface area contributed by atoms with Gasteiger partial charge >= 0.3 is 6.03 Å². The first kappa shape index (κ1) is 13.3. The number of piperidine rings is 1. The summed E-state index contributed by atoms with van der Waals surface area (Å²) in [5.74, 6) is 0. The molecule has 1 rings (SSSR count). The van der Waals surface area contributed by atoms with Gasteiger partial charge in [-0.15, -0.1) is 0 Å². The molecule has 1 atom stereocenters. The molecule has 4 heteroatoms. The van der Waals surface area contributed by atoms with Gasteiger partial charge < -0.3 is 15.3 Å². The average molecular weight is 228 g/mol. The summed E-state index contributed by atoms with van der Waals surface area (Å²) in [5, 5.41) is 12.4. The van der Waals surface area contributed by atoms with Crippen molar-refractivity contribution in [1.82, 2.24) is 10.2 Å². The minimum atomic E-state index is -0.334. The predicted octanol–water partition coefficient (Wildman–Crippen LogP) is 1.73. The molecule has 0 bridgehead atoms. The number of likely N-dealkylation sites (tertiary alicyclic amines) is 1. The Bertz CT molecular complexity index is 209. The first-order chi connectivity index (χ1) is 7.74. The highest BCUT2D eigenvalue weighted by Crippen LogP contribution is 2.09. The lowest BCUT2D eigenvalue weighted by Crippen LogP contribution is -2.47. The third-order valence-electron chi connectivity index (χ3n) is 2.99. The van der Waals surface area contributed by atoms with E-state index in [4.69, 9.17) is 0 Å². The van der Waals surface area contributed by atoms with Crippen LogP contribution in [-0.2, 0) is 0 Å². The summed E-state index contributed by atoms with van der Waals surface area (Å²) in [7, 11) is 0. The first-order valence-corrected chi connectivity index (χ1v) is 6.45. The Morgan fingerprint density at radius 2 is 2.25 bits per heavy atom. The van der Waals surface area contributed by atoms with E-state index in [2.05, 4.69) is 12.2 Å². The van der Waals surface area contributed by atoms with Crippen molar-refractivity contribution in [3.63, 3.8) is 0 Å². The van der Waals surface area contributed by atoms with Gasteiger partial charge in [-0.25, -0.2) is 4.79 Å². The number of nitrogens with zero attached hydrogens (tertiary/aromatic N) is 1. The van der Waals surface area contributed by atoms with Crippen LogP contribution in [-0.4, -0.2) is 41.8 Å². The Labute approximate surface area is 98.0 Å². The summed E-state index contributed by atoms with van der Waals surface area (Å²) >= 11 is 0. The lowest BCUT2D eigenvalue weighted by atomic mass is 10.1. The van der Waals surface area contributed by atoms with E-state index in [1.54, 1.807) is 4.90 Å². The van der Waals surface area contributed by atoms with Gasteiger partial charge in [0.2, 0.25) is 0 Å². The van der Waals surface area contributed by atoms with Crippen molar-refractivity contribution >= 4 is 6.03 Å². The Hall–Kier alpha value is -0.770. The SMILES string of the molecule is CCCCCCNC(=O)N1CCCC(O)C1. The molecule has 0 spiro atoms. The molecule has 1 saturated heterocycles. The van der Waals surface area contributed by atoms with Crippen molar-refractivity contribution in [3.8, 4) is 0 Å². The van der Waals surface area contributed by atoms with Crippen LogP contribution >= 0.6 is 0 Å². The maximum Gasteiger partial charge on any atom is 0.317 e. The van der Waals surface area contributed by atoms with Gasteiger partial charge in [0.1, 0.15) is 0 Å². The van der Waals surface area contributed by atoms with E-state index in [9.17, 15) is 9.90 Å². The summed E-state index contributed by atoms with van der Waals surface area (Å²) in [5.41, 5.74) is 0. The molecule has 2 N–H and O–H groups in total. The molecule has 1 fully saturated rings. The zero-order valence-corrected chi connectivity index (χ0v) is 10.2. The number of nitrogens with one attached hydrogen (secondary N) is 1. The number of β-amino-alcohol motifs (C(OH)–C–C–N with tert-alkyl or cyclic N) is 1. The van der Waals surface area contributed by atoms with Crippen molar-refractivity contribution < 1.29 is 9.90 Å². The predicted molar refractivity (Wildman–Crippen MR) is 64.4 cm³/mol. The second-order valence-electron chi connectivity index (χ2n) is 4.53. The highest BCUT2D eigenvalue weighted by molar-refractivity contribution is 5.74. The van der Waals surface area contributed by atoms with Crippen LogP contribution in [0, 0.1) is 0 Å². The number of hydrogen-bond acceptors (Lipinski definition) is 2. The molecular weight excluding hydrogens is 204 g/mol. The smallest absolute Gasteiger partial charge is 0.317 e. The number of unbranched alkanes of at least 4 members (excludes halogenated alkanes) is 3. The highest BCUT2D eigenvalue weighted by Gasteiger charge is 2.21. The van der Waals surface area contributed by atoms with E-state index in [0.717, 1.165) is 32.4 Å². The molecule has 0 aliphatic carbocycles. The molecule has 0 aromatic heterocycles. The van der Waals surface area contributed by atoms with Crippen molar-refractivity contribution in [2.45, 2.75) is 51.6 Å². The fraction of sp³-hybridized carbons (Fsp3) is 0.917. The van der Waals surface area contributed by atoms with Crippen molar-refractivity contribution in [1.29, 1.82) is 0 Å². The summed E-state index contributed by atoms with van der Waals surface area (Å²) in [6.07, 6.45) is 6.07. The maximum atomic E-state index is 11.7. The van der Waals surface area contributed by atoms with Gasteiger partial charge in [0.25, 0.3) is 0 Å². The molecule has 1 unspecified atom stereocenters. The third-order valence-corrected chi connectivity index (χ3v) is 2.99. The Kier molecular flexibility index (Phi) is 6.23. The molecule has 0 saturated carbocycles. The monoisotopic (exact) mass is 228 g/mol. The minimum absolute atomic E-state index is 0.0183. The molecule has 1 heterocycles. The molecule has 2 amide bonds. The molecule has 1 aliphatic rings. The molecule has 94 valence electrons. The zero-order chi connectivity index (χ0) is 11.8. The van der Waals surface area contributed by atoms with E-state index in [-0.39, 0.29) is 12.1 Å². The first-order valence-electron chi connectivity index (χ1n) is 6.45. The summed E-state index contributed by atoms with van der Waals surface area (Å²) < 4.78 is 0. The van der Waals surface area contributed by atoms with Crippen molar-refractivity contribution in [3.05, 3.63) is 0 Å². The third kappa shape index (κ3) is 4.84. The van der Waals surface area contributed by atoms with Crippen LogP contribution in [0.1, 0.15) is 45.4 Å². The number of aliphatic hydroxyl groups is 1. The highest BCUT2D eigenvalue weighted by atomic mass is 16.3. The van der Waals surface area contributed by atoms with Gasteiger partial charge in [0.05, 0.1) is 6.10 Å². The van der Waals surface area contributed by atoms with Crippen molar-refractivity contribution in [2.75, 3.05) is 19.6 Å². The quantitative estimate of drug-likeness (QED) is 0.704. The second-order valence-corrected chi connectivity index (χ2v) is 4.53. The number of rotatable bonds is 5. The minimum Gasteiger partial charge on any atom is -0.391 e. The number of urea groups is 1. The van der Waals surface area contributed by atoms with Crippen LogP contribution in [0.5, 0.6) is 0 Å². The van der Waals surface area contributed by atoms with Gasteiger partial charge in [-0.3, -0.25) is 0 Å². The normalized spacial score (nSPS) is 20.9. The van der Waals surface area contributed by atoms with Gasteiger partial charge in [0, 0.05) is 19.6 Å². The Balaban J connectivity index is 2.09. The summed E-state index contributed by atoms with van der Waals surface area (Å²) in [6, 6.07) is -0.0183. The standard InChI is InChI=1S/C12H24N2O2/c1-2-3-4-5-8-13-12(16)14-9-6-7-11(15)10-14/h11,15H,2-10H2,1H3,(H,13,16). The Morgan fingerprint density at radius 3 is 2.94 bits per heavy atom. The average Bonchev–Trinajstić information content (AvgIpc) is 2.28. The topological polar surface area (TPSA) is 52.6 Å². The molecule has 0 radical (unpaired) electrons. The fourth-order valence-electron chi connectivity index (χ4n) is 2.00. The molecule has 16 heavy (non-hydrogen) atoms. The number of hydrogen-bond donors (Lipinski definition) is 2. The zero-order valence-electron chi connectivity index (χ0n) is 10.2. The summed E-state index contributed by atoms with van der Waals surface area (Å²) in [4.78, 5) is 13.4. The lowest BCUT2D eigenvalue weighted by Gasteiger charge is -2.30. The molecular formula is C12H24N2O2. The summed E-state index contributed by atoms with van der Waals surface area (Å²) in [6.45, 7) is 4.19. The van der Waals surface area contributed by atoms with Crippen molar-refractivity contribution in [2.24, 2.45) is 0 Å². The number of amides is 2. The van der Waals surface area contributed by atoms with Crippen LogP contribution in [0.15, 0.2) is 0 Å². The molecule has 1 aliphatic heterocycles. The number of aliphatic hydroxyl groups excluding tert-OH is 1. The lowest BCUT2D eigenvalue weighted by molar-refractivity contribution is 0.0843. The van der Waals surface area contributed by atoms with Crippen LogP contribution < -0.4 is 5.32 Å². The van der Waals surface area contributed by atoms with E-state index in [0.29, 0.717) is 6.54 Å². The van der Waals surface area contributed by atoms with Gasteiger partial charge in [-0.1, -0.05) is 26.2 Å². The van der Waals surface area contributed by atoms with E-state index >= 15 is 0 Å². The fourth-order valence-corrected chi connectivity index (χ4v) is 2.00. The van der Waals surface area contributed by atoms with E-state index in [1.165, 1.54) is 19.3 Å².